The molecule has 0 amide bonds. The van der Waals surface area contributed by atoms with Gasteiger partial charge in [0.05, 0.1) is 10.4 Å². The Bertz CT molecular complexity index is 676. The van der Waals surface area contributed by atoms with Crippen LogP contribution < -0.4 is 0 Å². The predicted octanol–water partition coefficient (Wildman–Crippen LogP) is 2.33. The number of fused-ring (bicyclic) bond motifs is 1. The fourth-order valence-electron chi connectivity index (χ4n) is 1.46. The summed E-state index contributed by atoms with van der Waals surface area (Å²) in [6, 6.07) is 9.55. The zero-order valence-electron chi connectivity index (χ0n) is 8.16. The molecule has 0 fully saturated rings. The highest BCUT2D eigenvalue weighted by atomic mass is 32.1. The number of rotatable bonds is 1. The van der Waals surface area contributed by atoms with Crippen LogP contribution in [0.4, 0.5) is 0 Å². The van der Waals surface area contributed by atoms with Crippen molar-refractivity contribution in [1.29, 1.82) is 5.26 Å². The Morgan fingerprint density at radius 3 is 3.00 bits per heavy atom. The molecule has 0 bridgehead atoms. The Labute approximate surface area is 95.4 Å². The predicted molar refractivity (Wildman–Crippen MR) is 61.0 cm³/mol. The van der Waals surface area contributed by atoms with Crippen molar-refractivity contribution in [2.45, 2.75) is 0 Å². The first-order chi connectivity index (χ1) is 7.86. The molecule has 0 aromatic carbocycles. The molecule has 0 N–H and O–H groups in total. The molecule has 0 saturated carbocycles. The van der Waals surface area contributed by atoms with Crippen molar-refractivity contribution in [3.05, 3.63) is 41.4 Å². The number of aromatic nitrogens is 3. The molecule has 0 radical (unpaired) electrons. The lowest BCUT2D eigenvalue weighted by molar-refractivity contribution is 0.963. The Kier molecular flexibility index (Phi) is 1.95. The van der Waals surface area contributed by atoms with Crippen molar-refractivity contribution in [3.8, 4) is 16.8 Å². The fraction of sp³-hybridized carbons (Fsp3) is 0. The molecule has 3 rings (SSSR count). The topological polar surface area (TPSA) is 54.0 Å². The summed E-state index contributed by atoms with van der Waals surface area (Å²) >= 11 is 1.60. The minimum atomic E-state index is 0.579. The van der Waals surface area contributed by atoms with Gasteiger partial charge in [0, 0.05) is 6.20 Å². The summed E-state index contributed by atoms with van der Waals surface area (Å²) < 4.78 is 1.63. The maximum absolute atomic E-state index is 8.78. The van der Waals surface area contributed by atoms with Gasteiger partial charge in [0.15, 0.2) is 11.5 Å². The van der Waals surface area contributed by atoms with E-state index in [9.17, 15) is 0 Å². The van der Waals surface area contributed by atoms with Crippen LogP contribution in [0.3, 0.4) is 0 Å². The first kappa shape index (κ1) is 9.07. The van der Waals surface area contributed by atoms with Crippen LogP contribution in [0.5, 0.6) is 0 Å². The second-order valence-electron chi connectivity index (χ2n) is 3.25. The third kappa shape index (κ3) is 1.36. The highest BCUT2D eigenvalue weighted by Crippen LogP contribution is 2.21. The lowest BCUT2D eigenvalue weighted by Crippen LogP contribution is -1.87. The Morgan fingerprint density at radius 1 is 1.31 bits per heavy atom. The van der Waals surface area contributed by atoms with E-state index in [0.29, 0.717) is 11.4 Å². The summed E-state index contributed by atoms with van der Waals surface area (Å²) in [6.45, 7) is 0. The van der Waals surface area contributed by atoms with E-state index in [4.69, 9.17) is 5.26 Å². The van der Waals surface area contributed by atoms with Crippen LogP contribution in [0.1, 0.15) is 5.56 Å². The SMILES string of the molecule is N#Cc1ccc2nc(-c3cccs3)nn2c1. The van der Waals surface area contributed by atoms with Gasteiger partial charge >= 0.3 is 0 Å². The van der Waals surface area contributed by atoms with Crippen molar-refractivity contribution in [2.24, 2.45) is 0 Å². The molecule has 0 spiro atoms. The van der Waals surface area contributed by atoms with Crippen LogP contribution in [0, 0.1) is 11.3 Å². The summed E-state index contributed by atoms with van der Waals surface area (Å²) in [5.41, 5.74) is 1.33. The van der Waals surface area contributed by atoms with Crippen LogP contribution in [-0.4, -0.2) is 14.6 Å². The van der Waals surface area contributed by atoms with E-state index in [1.807, 2.05) is 17.5 Å². The van der Waals surface area contributed by atoms with Gasteiger partial charge in [0.1, 0.15) is 6.07 Å². The number of thiophene rings is 1. The third-order valence-electron chi connectivity index (χ3n) is 2.20. The summed E-state index contributed by atoms with van der Waals surface area (Å²) in [4.78, 5) is 5.41. The van der Waals surface area contributed by atoms with Crippen LogP contribution >= 0.6 is 11.3 Å². The molecule has 3 aromatic heterocycles. The lowest BCUT2D eigenvalue weighted by atomic mass is 10.3. The Hall–Kier alpha value is -2.19. The minimum absolute atomic E-state index is 0.579. The van der Waals surface area contributed by atoms with E-state index in [1.54, 1.807) is 34.2 Å². The molecule has 0 saturated heterocycles. The number of pyridine rings is 1. The molecule has 4 nitrogen and oxygen atoms in total. The third-order valence-corrected chi connectivity index (χ3v) is 3.07. The standard InChI is InChI=1S/C11H6N4S/c12-6-8-3-4-10-13-11(14-15(10)7-8)9-2-1-5-16-9/h1-5,7H. The zero-order valence-corrected chi connectivity index (χ0v) is 8.98. The van der Waals surface area contributed by atoms with Gasteiger partial charge in [-0.25, -0.2) is 9.50 Å². The van der Waals surface area contributed by atoms with Crippen LogP contribution in [0.15, 0.2) is 35.8 Å². The van der Waals surface area contributed by atoms with E-state index < -0.39 is 0 Å². The second kappa shape index (κ2) is 3.43. The minimum Gasteiger partial charge on any atom is -0.219 e. The summed E-state index contributed by atoms with van der Waals surface area (Å²) in [7, 11) is 0. The Morgan fingerprint density at radius 2 is 2.25 bits per heavy atom. The Balaban J connectivity index is 2.20. The van der Waals surface area contributed by atoms with Crippen LogP contribution in [0.25, 0.3) is 16.3 Å². The number of hydrogen-bond donors (Lipinski definition) is 0. The summed E-state index contributed by atoms with van der Waals surface area (Å²) in [5.74, 6) is 0.699. The van der Waals surface area contributed by atoms with Crippen molar-refractivity contribution in [3.63, 3.8) is 0 Å². The first-order valence-electron chi connectivity index (χ1n) is 4.67. The molecular formula is C11H6N4S. The van der Waals surface area contributed by atoms with E-state index in [2.05, 4.69) is 16.2 Å². The van der Waals surface area contributed by atoms with Gasteiger partial charge in [-0.2, -0.15) is 5.26 Å². The average Bonchev–Trinajstić information content (AvgIpc) is 2.96. The van der Waals surface area contributed by atoms with Gasteiger partial charge in [0.2, 0.25) is 0 Å². The van der Waals surface area contributed by atoms with E-state index in [-0.39, 0.29) is 0 Å². The first-order valence-corrected chi connectivity index (χ1v) is 5.55. The molecule has 0 aliphatic heterocycles. The highest BCUT2D eigenvalue weighted by molar-refractivity contribution is 7.13. The van der Waals surface area contributed by atoms with Gasteiger partial charge < -0.3 is 0 Å². The van der Waals surface area contributed by atoms with Crippen LogP contribution in [0.2, 0.25) is 0 Å². The van der Waals surface area contributed by atoms with Gasteiger partial charge in [-0.05, 0) is 23.6 Å². The molecule has 3 aromatic rings. The number of hydrogen-bond acceptors (Lipinski definition) is 4. The largest absolute Gasteiger partial charge is 0.219 e. The van der Waals surface area contributed by atoms with Gasteiger partial charge in [-0.1, -0.05) is 6.07 Å². The smallest absolute Gasteiger partial charge is 0.192 e. The molecular weight excluding hydrogens is 220 g/mol. The number of nitrogens with zero attached hydrogens (tertiary/aromatic N) is 4. The van der Waals surface area contributed by atoms with Gasteiger partial charge in [-0.15, -0.1) is 16.4 Å². The monoisotopic (exact) mass is 226 g/mol. The molecule has 0 unspecified atom stereocenters. The molecule has 3 heterocycles. The molecule has 0 aliphatic carbocycles. The number of nitriles is 1. The molecule has 0 aliphatic rings. The van der Waals surface area contributed by atoms with E-state index >= 15 is 0 Å². The summed E-state index contributed by atoms with van der Waals surface area (Å²) in [5, 5.41) is 15.1. The van der Waals surface area contributed by atoms with Crippen molar-refractivity contribution < 1.29 is 0 Å². The maximum atomic E-state index is 8.78. The normalized spacial score (nSPS) is 10.4. The molecule has 76 valence electrons. The van der Waals surface area contributed by atoms with E-state index in [1.165, 1.54) is 0 Å². The van der Waals surface area contributed by atoms with Crippen LogP contribution in [-0.2, 0) is 0 Å². The molecule has 5 heteroatoms. The second-order valence-corrected chi connectivity index (χ2v) is 4.19. The van der Waals surface area contributed by atoms with E-state index in [0.717, 1.165) is 10.5 Å². The van der Waals surface area contributed by atoms with Crippen molar-refractivity contribution >= 4 is 17.0 Å². The molecule has 0 atom stereocenters. The highest BCUT2D eigenvalue weighted by Gasteiger charge is 2.06. The zero-order chi connectivity index (χ0) is 11.0. The maximum Gasteiger partial charge on any atom is 0.192 e. The quantitative estimate of drug-likeness (QED) is 0.640. The van der Waals surface area contributed by atoms with Crippen molar-refractivity contribution in [1.82, 2.24) is 14.6 Å². The van der Waals surface area contributed by atoms with Crippen molar-refractivity contribution in [2.75, 3.05) is 0 Å². The molecule has 16 heavy (non-hydrogen) atoms. The lowest BCUT2D eigenvalue weighted by Gasteiger charge is -1.89. The van der Waals surface area contributed by atoms with Gasteiger partial charge in [0.25, 0.3) is 0 Å². The summed E-state index contributed by atoms with van der Waals surface area (Å²) in [6.07, 6.45) is 1.68. The fourth-order valence-corrected chi connectivity index (χ4v) is 2.11. The average molecular weight is 226 g/mol. The van der Waals surface area contributed by atoms with Gasteiger partial charge in [-0.3, -0.25) is 0 Å².